The topological polar surface area (TPSA) is 72.9 Å². The molecule has 0 saturated carbocycles. The fourth-order valence-electron chi connectivity index (χ4n) is 1.32. The molecule has 0 bridgehead atoms. The zero-order valence-electron chi connectivity index (χ0n) is 12.4. The van der Waals surface area contributed by atoms with Crippen LogP contribution in [0.2, 0.25) is 0 Å². The van der Waals surface area contributed by atoms with E-state index in [-0.39, 0.29) is 12.7 Å². The van der Waals surface area contributed by atoms with Gasteiger partial charge in [-0.25, -0.2) is 4.79 Å². The lowest BCUT2D eigenvalue weighted by atomic mass is 10.2. The normalized spacial score (nSPS) is 12.3. The molecule has 0 aliphatic rings. The van der Waals surface area contributed by atoms with E-state index in [1.54, 1.807) is 4.90 Å². The molecule has 0 unspecified atom stereocenters. The summed E-state index contributed by atoms with van der Waals surface area (Å²) in [5.41, 5.74) is -0.510. The van der Waals surface area contributed by atoms with Gasteiger partial charge in [0.15, 0.2) is 0 Å². The lowest BCUT2D eigenvalue weighted by Gasteiger charge is -2.26. The number of hydrogen-bond acceptors (Lipinski definition) is 5. The summed E-state index contributed by atoms with van der Waals surface area (Å²) in [6.45, 7) is 8.55. The second-order valence-electron chi connectivity index (χ2n) is 5.29. The first-order chi connectivity index (χ1) is 8.55. The average molecular weight is 295 g/mol. The van der Waals surface area contributed by atoms with Crippen LogP contribution < -0.4 is 0 Å². The number of carbonyl (C=O) groups excluding carboxylic acids is 1. The van der Waals surface area contributed by atoms with E-state index >= 15 is 0 Å². The maximum Gasteiger partial charge on any atom is 0.410 e. The van der Waals surface area contributed by atoms with Crippen molar-refractivity contribution in [2.75, 3.05) is 26.0 Å². The largest absolute Gasteiger partial charge is 0.444 e. The van der Waals surface area contributed by atoms with Crippen molar-refractivity contribution in [3.63, 3.8) is 0 Å². The number of amides is 1. The average Bonchev–Trinajstić information content (AvgIpc) is 2.18. The molecule has 0 atom stereocenters. The van der Waals surface area contributed by atoms with Crippen LogP contribution in [-0.4, -0.2) is 51.0 Å². The molecule has 0 radical (unpaired) electrons. The molecule has 0 rings (SSSR count). The lowest BCUT2D eigenvalue weighted by Crippen LogP contribution is -2.37. The van der Waals surface area contributed by atoms with Gasteiger partial charge in [0, 0.05) is 13.1 Å². The van der Waals surface area contributed by atoms with E-state index < -0.39 is 15.7 Å². The second kappa shape index (κ2) is 7.69. The summed E-state index contributed by atoms with van der Waals surface area (Å²) in [5.74, 6) is 0. The third kappa shape index (κ3) is 10.8. The standard InChI is InChI=1S/C12H25NO5S/c1-6-13(11(14)18-12(2,3)4)9-7-8-10-17-19(5,15)16/h6-10H2,1-5H3. The molecule has 0 N–H and O–H groups in total. The molecule has 1 amide bonds. The summed E-state index contributed by atoms with van der Waals surface area (Å²) in [6.07, 6.45) is 1.92. The van der Waals surface area contributed by atoms with Crippen LogP contribution in [0.15, 0.2) is 0 Å². The molecule has 0 aromatic heterocycles. The molecule has 19 heavy (non-hydrogen) atoms. The zero-order valence-corrected chi connectivity index (χ0v) is 13.2. The van der Waals surface area contributed by atoms with Crippen molar-refractivity contribution in [3.05, 3.63) is 0 Å². The van der Waals surface area contributed by atoms with Crippen LogP contribution in [0.25, 0.3) is 0 Å². The highest BCUT2D eigenvalue weighted by Crippen LogP contribution is 2.10. The third-order valence-electron chi connectivity index (χ3n) is 2.15. The minimum Gasteiger partial charge on any atom is -0.444 e. The first-order valence-electron chi connectivity index (χ1n) is 6.37. The Kier molecular flexibility index (Phi) is 7.36. The molecular weight excluding hydrogens is 270 g/mol. The number of rotatable bonds is 7. The van der Waals surface area contributed by atoms with Gasteiger partial charge in [-0.2, -0.15) is 8.42 Å². The van der Waals surface area contributed by atoms with E-state index in [0.29, 0.717) is 25.9 Å². The third-order valence-corrected chi connectivity index (χ3v) is 2.75. The molecule has 114 valence electrons. The van der Waals surface area contributed by atoms with E-state index in [4.69, 9.17) is 4.74 Å². The number of nitrogens with zero attached hydrogens (tertiary/aromatic N) is 1. The summed E-state index contributed by atoms with van der Waals surface area (Å²) in [4.78, 5) is 13.4. The summed E-state index contributed by atoms with van der Waals surface area (Å²) in [6, 6.07) is 0. The molecular formula is C12H25NO5S. The second-order valence-corrected chi connectivity index (χ2v) is 6.94. The minimum absolute atomic E-state index is 0.144. The summed E-state index contributed by atoms with van der Waals surface area (Å²) in [5, 5.41) is 0. The Morgan fingerprint density at radius 1 is 1.21 bits per heavy atom. The number of ether oxygens (including phenoxy) is 1. The monoisotopic (exact) mass is 295 g/mol. The quantitative estimate of drug-likeness (QED) is 0.530. The molecule has 0 aromatic carbocycles. The van der Waals surface area contributed by atoms with Crippen molar-refractivity contribution >= 4 is 16.2 Å². The number of unbranched alkanes of at least 4 members (excludes halogenated alkanes) is 1. The van der Waals surface area contributed by atoms with Crippen molar-refractivity contribution in [2.24, 2.45) is 0 Å². The Labute approximate surface area is 116 Å². The van der Waals surface area contributed by atoms with Crippen molar-refractivity contribution in [1.82, 2.24) is 4.90 Å². The summed E-state index contributed by atoms with van der Waals surface area (Å²) in [7, 11) is -3.38. The smallest absolute Gasteiger partial charge is 0.410 e. The van der Waals surface area contributed by atoms with Crippen LogP contribution in [0.1, 0.15) is 40.5 Å². The molecule has 0 saturated heterocycles. The van der Waals surface area contributed by atoms with Gasteiger partial charge in [0.25, 0.3) is 10.1 Å². The van der Waals surface area contributed by atoms with Gasteiger partial charge in [-0.3, -0.25) is 4.18 Å². The van der Waals surface area contributed by atoms with Gasteiger partial charge in [0.2, 0.25) is 0 Å². The Bertz CT molecular complexity index is 372. The predicted octanol–water partition coefficient (Wildman–Crippen LogP) is 2.00. The Balaban J connectivity index is 3.98. The maximum atomic E-state index is 11.8. The molecule has 0 aromatic rings. The molecule has 0 spiro atoms. The van der Waals surface area contributed by atoms with Gasteiger partial charge in [-0.05, 0) is 40.5 Å². The van der Waals surface area contributed by atoms with Crippen LogP contribution in [0.4, 0.5) is 4.79 Å². The van der Waals surface area contributed by atoms with Gasteiger partial charge in [0.1, 0.15) is 5.60 Å². The zero-order chi connectivity index (χ0) is 15.1. The van der Waals surface area contributed by atoms with Crippen molar-refractivity contribution in [3.8, 4) is 0 Å². The Hall–Kier alpha value is -0.820. The summed E-state index contributed by atoms with van der Waals surface area (Å²) < 4.78 is 31.4. The van der Waals surface area contributed by atoms with Crippen molar-refractivity contribution in [2.45, 2.75) is 46.1 Å². The molecule has 7 heteroatoms. The van der Waals surface area contributed by atoms with Gasteiger partial charge in [0.05, 0.1) is 12.9 Å². The predicted molar refractivity (Wildman–Crippen MR) is 73.5 cm³/mol. The van der Waals surface area contributed by atoms with Crippen molar-refractivity contribution in [1.29, 1.82) is 0 Å². The lowest BCUT2D eigenvalue weighted by molar-refractivity contribution is 0.0255. The van der Waals surface area contributed by atoms with Gasteiger partial charge in [-0.1, -0.05) is 0 Å². The van der Waals surface area contributed by atoms with E-state index in [1.807, 2.05) is 27.7 Å². The minimum atomic E-state index is -3.38. The highest BCUT2D eigenvalue weighted by molar-refractivity contribution is 7.85. The van der Waals surface area contributed by atoms with Crippen LogP contribution in [0.3, 0.4) is 0 Å². The van der Waals surface area contributed by atoms with Crippen LogP contribution in [0.5, 0.6) is 0 Å². The highest BCUT2D eigenvalue weighted by Gasteiger charge is 2.20. The Morgan fingerprint density at radius 3 is 2.21 bits per heavy atom. The fraction of sp³-hybridized carbons (Fsp3) is 0.917. The number of hydrogen-bond donors (Lipinski definition) is 0. The molecule has 0 aliphatic carbocycles. The van der Waals surface area contributed by atoms with Crippen LogP contribution in [0, 0.1) is 0 Å². The van der Waals surface area contributed by atoms with Crippen LogP contribution >= 0.6 is 0 Å². The van der Waals surface area contributed by atoms with Crippen molar-refractivity contribution < 1.29 is 22.1 Å². The van der Waals surface area contributed by atoms with E-state index in [9.17, 15) is 13.2 Å². The van der Waals surface area contributed by atoms with Gasteiger partial charge in [-0.15, -0.1) is 0 Å². The molecule has 0 heterocycles. The van der Waals surface area contributed by atoms with E-state index in [1.165, 1.54) is 0 Å². The molecule has 0 fully saturated rings. The molecule has 0 aliphatic heterocycles. The van der Waals surface area contributed by atoms with Crippen LogP contribution in [-0.2, 0) is 19.0 Å². The molecule has 6 nitrogen and oxygen atoms in total. The Morgan fingerprint density at radius 2 is 1.79 bits per heavy atom. The summed E-state index contributed by atoms with van der Waals surface area (Å²) >= 11 is 0. The highest BCUT2D eigenvalue weighted by atomic mass is 32.2. The first kappa shape index (κ1) is 18.2. The van der Waals surface area contributed by atoms with Gasteiger partial charge >= 0.3 is 6.09 Å². The van der Waals surface area contributed by atoms with Gasteiger partial charge < -0.3 is 9.64 Å². The SMILES string of the molecule is CCN(CCCCOS(C)(=O)=O)C(=O)OC(C)(C)C. The fourth-order valence-corrected chi connectivity index (χ4v) is 1.74. The first-order valence-corrected chi connectivity index (χ1v) is 8.19. The maximum absolute atomic E-state index is 11.8. The van der Waals surface area contributed by atoms with E-state index in [2.05, 4.69) is 4.18 Å². The van der Waals surface area contributed by atoms with E-state index in [0.717, 1.165) is 6.26 Å². The number of carbonyl (C=O) groups is 1.